The van der Waals surface area contributed by atoms with Crippen molar-refractivity contribution < 1.29 is 28.6 Å². The Hall–Kier alpha value is -3.36. The molecule has 3 atom stereocenters. The molecule has 18 heteroatoms. The number of hydrazine groups is 1. The fourth-order valence-electron chi connectivity index (χ4n) is 10.0. The maximum Gasteiger partial charge on any atom is 0.324 e. The van der Waals surface area contributed by atoms with Crippen LogP contribution in [0.2, 0.25) is 0 Å². The Balaban J connectivity index is 0.00000227. The minimum absolute atomic E-state index is 0. The number of fused-ring (bicyclic) bond motifs is 8. The van der Waals surface area contributed by atoms with E-state index in [0.29, 0.717) is 38.6 Å². The number of carbonyl (C=O) groups is 3. The zero-order valence-corrected chi connectivity index (χ0v) is 41.7. The van der Waals surface area contributed by atoms with Crippen molar-refractivity contribution in [2.75, 3.05) is 58.4 Å². The van der Waals surface area contributed by atoms with Gasteiger partial charge >= 0.3 is 5.97 Å². The van der Waals surface area contributed by atoms with E-state index in [-0.39, 0.29) is 77.5 Å². The zero-order valence-electron chi connectivity index (χ0n) is 37.9. The maximum atomic E-state index is 14.4. The van der Waals surface area contributed by atoms with Gasteiger partial charge in [0.1, 0.15) is 17.7 Å². The van der Waals surface area contributed by atoms with Crippen LogP contribution >= 0.6 is 51.8 Å². The number of amides is 2. The number of thiazole rings is 1. The molecule has 4 saturated heterocycles. The topological polar surface area (TPSA) is 143 Å². The predicted octanol–water partition coefficient (Wildman–Crippen LogP) is 6.00. The second-order valence-corrected chi connectivity index (χ2v) is 19.5. The van der Waals surface area contributed by atoms with Gasteiger partial charge in [-0.1, -0.05) is 19.9 Å². The first-order valence-electron chi connectivity index (χ1n) is 22.1. The van der Waals surface area contributed by atoms with Crippen molar-refractivity contribution in [1.82, 2.24) is 35.2 Å². The number of ether oxygens (including phenoxy) is 3. The number of anilines is 1. The highest BCUT2D eigenvalue weighted by atomic mass is 32.1. The van der Waals surface area contributed by atoms with Gasteiger partial charge < -0.3 is 33.9 Å². The van der Waals surface area contributed by atoms with Gasteiger partial charge in [-0.15, -0.1) is 11.3 Å². The lowest BCUT2D eigenvalue weighted by Gasteiger charge is -2.36. The van der Waals surface area contributed by atoms with Gasteiger partial charge in [0.2, 0.25) is 0 Å². The number of hydrogen-bond acceptors (Lipinski definition) is 12. The van der Waals surface area contributed by atoms with Crippen LogP contribution in [0.1, 0.15) is 88.6 Å². The standard InChI is InChI=1S/C46H60N8O6S.3H2S/c1-7-53-38-11-10-29-21-32(38)34(41(53)33-22-30(25-47-40(33)28(2)58-6)52-19-17-51(5)18-20-52)24-45(3,4)27-59-43(56)35-9-8-16-54(50-35)42(55)36(23-39-48-37(29)26-61-39)49-44(57)46-14-12-31(60-46)13-15-46;;;/h10-11,21-22,25-26,28,31,35-36,50H,7-9,12-20,23-24,27H2,1-6H3,(H,49,57);3*1H2/t28-,31?,35-,36-,46?;;;/m0.../s1. The van der Waals surface area contributed by atoms with Crippen LogP contribution in [0.5, 0.6) is 0 Å². The maximum absolute atomic E-state index is 14.4. The lowest BCUT2D eigenvalue weighted by atomic mass is 9.84. The summed E-state index contributed by atoms with van der Waals surface area (Å²) in [5, 5.41) is 8.47. The van der Waals surface area contributed by atoms with Crippen molar-refractivity contribution in [3.05, 3.63) is 52.1 Å². The summed E-state index contributed by atoms with van der Waals surface area (Å²) in [4.78, 5) is 57.2. The van der Waals surface area contributed by atoms with E-state index in [1.807, 2.05) is 18.5 Å². The normalized spacial score (nSPS) is 25.1. The van der Waals surface area contributed by atoms with E-state index >= 15 is 0 Å². The van der Waals surface area contributed by atoms with Crippen LogP contribution in [0.15, 0.2) is 35.8 Å². The highest BCUT2D eigenvalue weighted by Gasteiger charge is 2.52. The number of carbonyl (C=O) groups excluding carboxylic acids is 3. The lowest BCUT2D eigenvalue weighted by molar-refractivity contribution is -0.156. The summed E-state index contributed by atoms with van der Waals surface area (Å²) in [5.41, 5.74) is 9.90. The van der Waals surface area contributed by atoms with Crippen molar-refractivity contribution >= 4 is 86.2 Å². The van der Waals surface area contributed by atoms with Gasteiger partial charge in [-0.25, -0.2) is 10.4 Å². The summed E-state index contributed by atoms with van der Waals surface area (Å²) in [7, 11) is 3.89. The molecule has 14 nitrogen and oxygen atoms in total. The van der Waals surface area contributed by atoms with Crippen molar-refractivity contribution in [2.24, 2.45) is 5.41 Å². The van der Waals surface area contributed by atoms with Gasteiger partial charge in [0.15, 0.2) is 0 Å². The first-order valence-corrected chi connectivity index (χ1v) is 23.0. The fraction of sp³-hybridized carbons (Fsp3) is 0.587. The molecule has 8 bridgehead atoms. The number of hydrogen-bond donors (Lipinski definition) is 2. The number of nitrogens with one attached hydrogen (secondary N) is 2. The molecule has 350 valence electrons. The average molecular weight is 955 g/mol. The second kappa shape index (κ2) is 20.2. The summed E-state index contributed by atoms with van der Waals surface area (Å²) in [6.07, 6.45) is 6.78. The van der Waals surface area contributed by atoms with Gasteiger partial charge in [0.05, 0.1) is 52.8 Å². The molecule has 0 spiro atoms. The molecule has 0 unspecified atom stereocenters. The second-order valence-electron chi connectivity index (χ2n) is 18.5. The molecule has 2 amide bonds. The number of likely N-dealkylation sites (N-methyl/N-ethyl adjacent to an activating group) is 1. The van der Waals surface area contributed by atoms with Crippen LogP contribution in [0.4, 0.5) is 5.69 Å². The number of esters is 1. The molecule has 4 aromatic rings. The van der Waals surface area contributed by atoms with E-state index in [2.05, 4.69) is 77.2 Å². The monoisotopic (exact) mass is 954 g/mol. The van der Waals surface area contributed by atoms with Gasteiger partial charge in [-0.3, -0.25) is 24.4 Å². The number of nitrogens with zero attached hydrogens (tertiary/aromatic N) is 6. The third-order valence-electron chi connectivity index (χ3n) is 13.6. The molecule has 5 aliphatic rings. The lowest BCUT2D eigenvalue weighted by Crippen LogP contribution is -2.61. The van der Waals surface area contributed by atoms with Gasteiger partial charge in [0, 0.05) is 85.6 Å². The first-order chi connectivity index (χ1) is 29.3. The number of cyclic esters (lactones) is 1. The van der Waals surface area contributed by atoms with E-state index in [4.69, 9.17) is 24.2 Å². The molecule has 5 aliphatic heterocycles. The molecule has 64 heavy (non-hydrogen) atoms. The molecule has 0 radical (unpaired) electrons. The van der Waals surface area contributed by atoms with Crippen LogP contribution in [-0.4, -0.2) is 120 Å². The number of rotatable bonds is 7. The van der Waals surface area contributed by atoms with Gasteiger partial charge in [-0.05, 0) is 89.6 Å². The van der Waals surface area contributed by atoms with E-state index in [0.717, 1.165) is 101 Å². The van der Waals surface area contributed by atoms with Crippen molar-refractivity contribution in [3.63, 3.8) is 0 Å². The number of methoxy groups -OCH3 is 1. The molecular weight excluding hydrogens is 889 g/mol. The summed E-state index contributed by atoms with van der Waals surface area (Å²) in [6.45, 7) is 13.6. The van der Waals surface area contributed by atoms with E-state index in [1.165, 1.54) is 16.3 Å². The molecule has 1 aromatic carbocycles. The van der Waals surface area contributed by atoms with E-state index in [1.54, 1.807) is 7.11 Å². The summed E-state index contributed by atoms with van der Waals surface area (Å²) in [6, 6.07) is 7.23. The Kier molecular flexibility index (Phi) is 15.8. The van der Waals surface area contributed by atoms with Gasteiger partial charge in [-0.2, -0.15) is 40.5 Å². The highest BCUT2D eigenvalue weighted by molar-refractivity contribution is 7.59. The average Bonchev–Trinajstić information content (AvgIpc) is 4.08. The Morgan fingerprint density at radius 2 is 1.81 bits per heavy atom. The van der Waals surface area contributed by atoms with Crippen LogP contribution in [0.25, 0.3) is 33.4 Å². The highest BCUT2D eigenvalue weighted by Crippen LogP contribution is 2.45. The predicted molar refractivity (Wildman–Crippen MR) is 266 cm³/mol. The molecule has 0 saturated carbocycles. The van der Waals surface area contributed by atoms with Crippen molar-refractivity contribution in [2.45, 2.75) is 115 Å². The SMILES string of the molecule is CCn1c(-c2cc(N3CCN(C)CC3)cnc2[C@H](C)OC)c2c3cc(ccc31)-c1csc(n1)C[C@H](NC(=O)C13CCC(CC1)O3)C(=O)N1CCC[C@H](N1)C(=O)OCC(C)(C)C2.S.S.S. The largest absolute Gasteiger partial charge is 0.464 e. The summed E-state index contributed by atoms with van der Waals surface area (Å²) >= 11 is 1.48. The van der Waals surface area contributed by atoms with E-state index < -0.39 is 29.1 Å². The molecule has 8 heterocycles. The van der Waals surface area contributed by atoms with Crippen LogP contribution < -0.4 is 15.6 Å². The molecule has 3 aromatic heterocycles. The Bertz CT molecular complexity index is 2320. The van der Waals surface area contributed by atoms with E-state index in [9.17, 15) is 14.4 Å². The number of aryl methyl sites for hydroxylation is 1. The van der Waals surface area contributed by atoms with Crippen LogP contribution in [0.3, 0.4) is 0 Å². The number of piperazine rings is 1. The van der Waals surface area contributed by atoms with Crippen molar-refractivity contribution in [3.8, 4) is 22.5 Å². The molecule has 9 rings (SSSR count). The zero-order chi connectivity index (χ0) is 42.6. The number of benzene rings is 1. The first kappa shape index (κ1) is 50.1. The van der Waals surface area contributed by atoms with Crippen LogP contribution in [0, 0.1) is 5.41 Å². The number of pyridine rings is 1. The Morgan fingerprint density at radius 3 is 2.50 bits per heavy atom. The minimum Gasteiger partial charge on any atom is -0.464 e. The summed E-state index contributed by atoms with van der Waals surface area (Å²) < 4.78 is 20.7. The Morgan fingerprint density at radius 1 is 1.06 bits per heavy atom. The fourth-order valence-corrected chi connectivity index (χ4v) is 10.9. The third-order valence-corrected chi connectivity index (χ3v) is 14.5. The van der Waals surface area contributed by atoms with Gasteiger partial charge in [0.25, 0.3) is 11.8 Å². The van der Waals surface area contributed by atoms with Crippen molar-refractivity contribution in [1.29, 1.82) is 0 Å². The molecule has 2 N–H and O–H groups in total. The van der Waals surface area contributed by atoms with Crippen LogP contribution in [-0.2, 0) is 48.0 Å². The minimum atomic E-state index is -0.904. The molecule has 0 aliphatic carbocycles. The Labute approximate surface area is 401 Å². The summed E-state index contributed by atoms with van der Waals surface area (Å²) in [5.74, 6) is -0.951. The third kappa shape index (κ3) is 9.71. The quantitative estimate of drug-likeness (QED) is 0.211. The molecule has 4 fully saturated rings. The number of aromatic nitrogens is 3. The molecular formula is C46H66N8O6S4. The smallest absolute Gasteiger partial charge is 0.324 e.